The molecule has 0 aromatic rings. The van der Waals surface area contributed by atoms with E-state index in [-0.39, 0.29) is 5.78 Å². The van der Waals surface area contributed by atoms with E-state index in [1.54, 1.807) is 14.1 Å². The lowest BCUT2D eigenvalue weighted by Gasteiger charge is -2.15. The van der Waals surface area contributed by atoms with Crippen molar-refractivity contribution in [3.63, 3.8) is 0 Å². The Bertz CT molecular complexity index is 256. The van der Waals surface area contributed by atoms with E-state index in [0.717, 1.165) is 6.42 Å². The van der Waals surface area contributed by atoms with Crippen LogP contribution in [0.1, 0.15) is 19.3 Å². The largest absolute Gasteiger partial charge is 0.415 e. The standard InChI is InChI=1S/C9H13NO3/c1-10(2)9(12)13-8-5-3-4-7(11)6-8/h6H,3-5H2,1-2H3. The van der Waals surface area contributed by atoms with E-state index in [1.807, 2.05) is 0 Å². The maximum atomic E-state index is 11.1. The molecular formula is C9H13NO3. The number of amides is 1. The molecule has 1 aliphatic carbocycles. The third kappa shape index (κ3) is 2.89. The summed E-state index contributed by atoms with van der Waals surface area (Å²) in [5, 5.41) is 0. The van der Waals surface area contributed by atoms with Gasteiger partial charge in [-0.1, -0.05) is 0 Å². The Kier molecular flexibility index (Phi) is 3.06. The molecule has 1 aliphatic rings. The van der Waals surface area contributed by atoms with Crippen LogP contribution in [0.4, 0.5) is 4.79 Å². The van der Waals surface area contributed by atoms with E-state index in [1.165, 1.54) is 11.0 Å². The molecule has 0 fully saturated rings. The molecule has 4 heteroatoms. The van der Waals surface area contributed by atoms with Gasteiger partial charge in [0.1, 0.15) is 5.76 Å². The summed E-state index contributed by atoms with van der Waals surface area (Å²) in [6, 6.07) is 0. The molecule has 0 heterocycles. The van der Waals surface area contributed by atoms with Crippen LogP contribution in [0.5, 0.6) is 0 Å². The highest BCUT2D eigenvalue weighted by molar-refractivity contribution is 5.91. The van der Waals surface area contributed by atoms with Crippen LogP contribution >= 0.6 is 0 Å². The predicted molar refractivity (Wildman–Crippen MR) is 47.1 cm³/mol. The second kappa shape index (κ2) is 4.07. The number of rotatable bonds is 1. The molecule has 0 unspecified atom stereocenters. The summed E-state index contributed by atoms with van der Waals surface area (Å²) >= 11 is 0. The van der Waals surface area contributed by atoms with Crippen LogP contribution in [-0.2, 0) is 9.53 Å². The van der Waals surface area contributed by atoms with Gasteiger partial charge < -0.3 is 9.64 Å². The lowest BCUT2D eigenvalue weighted by molar-refractivity contribution is -0.115. The molecule has 0 aromatic heterocycles. The minimum atomic E-state index is -0.430. The SMILES string of the molecule is CN(C)C(=O)OC1=CC(=O)CCC1. The van der Waals surface area contributed by atoms with Crippen LogP contribution in [0.3, 0.4) is 0 Å². The van der Waals surface area contributed by atoms with Crippen molar-refractivity contribution in [2.24, 2.45) is 0 Å². The van der Waals surface area contributed by atoms with Crippen molar-refractivity contribution in [1.29, 1.82) is 0 Å². The van der Waals surface area contributed by atoms with Gasteiger partial charge in [0.2, 0.25) is 0 Å². The number of nitrogens with zero attached hydrogens (tertiary/aromatic N) is 1. The van der Waals surface area contributed by atoms with Gasteiger partial charge in [-0.2, -0.15) is 0 Å². The molecule has 0 spiro atoms. The molecule has 1 amide bonds. The van der Waals surface area contributed by atoms with Crippen molar-refractivity contribution in [3.8, 4) is 0 Å². The number of ether oxygens (including phenoxy) is 1. The summed E-state index contributed by atoms with van der Waals surface area (Å²) in [5.41, 5.74) is 0. The fourth-order valence-electron chi connectivity index (χ4n) is 1.04. The van der Waals surface area contributed by atoms with Gasteiger partial charge in [0.15, 0.2) is 5.78 Å². The van der Waals surface area contributed by atoms with Gasteiger partial charge in [-0.3, -0.25) is 4.79 Å². The van der Waals surface area contributed by atoms with Crippen molar-refractivity contribution in [1.82, 2.24) is 4.90 Å². The van der Waals surface area contributed by atoms with Crippen molar-refractivity contribution in [2.75, 3.05) is 14.1 Å². The quantitative estimate of drug-likeness (QED) is 0.616. The molecule has 13 heavy (non-hydrogen) atoms. The predicted octanol–water partition coefficient (Wildman–Crippen LogP) is 1.32. The van der Waals surface area contributed by atoms with Gasteiger partial charge in [-0.15, -0.1) is 0 Å². The number of carbonyl (C=O) groups is 2. The Morgan fingerprint density at radius 3 is 2.69 bits per heavy atom. The molecule has 1 rings (SSSR count). The van der Waals surface area contributed by atoms with Gasteiger partial charge >= 0.3 is 6.09 Å². The summed E-state index contributed by atoms with van der Waals surface area (Å²) in [6.07, 6.45) is 2.98. The van der Waals surface area contributed by atoms with Gasteiger partial charge in [0.05, 0.1) is 0 Å². The Morgan fingerprint density at radius 2 is 2.15 bits per heavy atom. The first kappa shape index (κ1) is 9.77. The minimum Gasteiger partial charge on any atom is -0.415 e. The van der Waals surface area contributed by atoms with Gasteiger partial charge in [-0.05, 0) is 6.42 Å². The average Bonchev–Trinajstić information content (AvgIpc) is 2.04. The van der Waals surface area contributed by atoms with Crippen molar-refractivity contribution < 1.29 is 14.3 Å². The van der Waals surface area contributed by atoms with Crippen LogP contribution in [0.25, 0.3) is 0 Å². The minimum absolute atomic E-state index is 0.0350. The monoisotopic (exact) mass is 183 g/mol. The number of ketones is 1. The van der Waals surface area contributed by atoms with E-state index in [0.29, 0.717) is 18.6 Å². The van der Waals surface area contributed by atoms with Crippen LogP contribution in [-0.4, -0.2) is 30.9 Å². The van der Waals surface area contributed by atoms with Crippen LogP contribution in [0, 0.1) is 0 Å². The van der Waals surface area contributed by atoms with E-state index in [9.17, 15) is 9.59 Å². The van der Waals surface area contributed by atoms with Crippen LogP contribution < -0.4 is 0 Å². The first-order valence-corrected chi connectivity index (χ1v) is 4.22. The molecule has 0 aliphatic heterocycles. The molecule has 0 saturated heterocycles. The Balaban J connectivity index is 2.53. The van der Waals surface area contributed by atoms with E-state index >= 15 is 0 Å². The number of allylic oxidation sites excluding steroid dienone is 2. The van der Waals surface area contributed by atoms with Crippen molar-refractivity contribution in [2.45, 2.75) is 19.3 Å². The summed E-state index contributed by atoms with van der Waals surface area (Å²) in [6.45, 7) is 0. The molecule has 0 bridgehead atoms. The second-order valence-electron chi connectivity index (χ2n) is 3.19. The summed E-state index contributed by atoms with van der Waals surface area (Å²) < 4.78 is 4.95. The highest BCUT2D eigenvalue weighted by Gasteiger charge is 2.14. The maximum Gasteiger partial charge on any atom is 0.414 e. The smallest absolute Gasteiger partial charge is 0.414 e. The lowest BCUT2D eigenvalue weighted by atomic mass is 10.1. The van der Waals surface area contributed by atoms with E-state index in [2.05, 4.69) is 0 Å². The third-order valence-corrected chi connectivity index (χ3v) is 1.75. The van der Waals surface area contributed by atoms with Crippen LogP contribution in [0.15, 0.2) is 11.8 Å². The molecule has 0 radical (unpaired) electrons. The number of hydrogen-bond donors (Lipinski definition) is 0. The zero-order chi connectivity index (χ0) is 9.84. The summed E-state index contributed by atoms with van der Waals surface area (Å²) in [5.74, 6) is 0.516. The number of carbonyl (C=O) groups excluding carboxylic acids is 2. The molecular weight excluding hydrogens is 170 g/mol. The second-order valence-corrected chi connectivity index (χ2v) is 3.19. The molecule has 0 atom stereocenters. The lowest BCUT2D eigenvalue weighted by Crippen LogP contribution is -2.23. The fraction of sp³-hybridized carbons (Fsp3) is 0.556. The van der Waals surface area contributed by atoms with Crippen molar-refractivity contribution in [3.05, 3.63) is 11.8 Å². The topological polar surface area (TPSA) is 46.6 Å². The highest BCUT2D eigenvalue weighted by atomic mass is 16.6. The number of hydrogen-bond acceptors (Lipinski definition) is 3. The Morgan fingerprint density at radius 1 is 1.46 bits per heavy atom. The maximum absolute atomic E-state index is 11.1. The first-order valence-electron chi connectivity index (χ1n) is 4.22. The third-order valence-electron chi connectivity index (χ3n) is 1.75. The van der Waals surface area contributed by atoms with Gasteiger partial charge in [0, 0.05) is 33.0 Å². The fourth-order valence-corrected chi connectivity index (χ4v) is 1.04. The molecule has 0 N–H and O–H groups in total. The highest BCUT2D eigenvalue weighted by Crippen LogP contribution is 2.16. The Hall–Kier alpha value is -1.32. The van der Waals surface area contributed by atoms with Gasteiger partial charge in [0.25, 0.3) is 0 Å². The normalized spacial score (nSPS) is 16.5. The summed E-state index contributed by atoms with van der Waals surface area (Å²) in [4.78, 5) is 23.3. The van der Waals surface area contributed by atoms with Crippen molar-refractivity contribution >= 4 is 11.9 Å². The van der Waals surface area contributed by atoms with E-state index < -0.39 is 6.09 Å². The first-order chi connectivity index (χ1) is 6.09. The molecule has 4 nitrogen and oxygen atoms in total. The molecule has 0 aromatic carbocycles. The van der Waals surface area contributed by atoms with E-state index in [4.69, 9.17) is 4.74 Å². The zero-order valence-corrected chi connectivity index (χ0v) is 7.87. The van der Waals surface area contributed by atoms with Crippen LogP contribution in [0.2, 0.25) is 0 Å². The van der Waals surface area contributed by atoms with Gasteiger partial charge in [-0.25, -0.2) is 4.79 Å². The molecule has 0 saturated carbocycles. The average molecular weight is 183 g/mol. The zero-order valence-electron chi connectivity index (χ0n) is 7.87. The Labute approximate surface area is 77.2 Å². The molecule has 72 valence electrons. The summed E-state index contributed by atoms with van der Waals surface area (Å²) in [7, 11) is 3.21.